The molecule has 2 heterocycles. The Hall–Kier alpha value is -3.71. The zero-order chi connectivity index (χ0) is 32.4. The molecule has 1 aromatic heterocycles. The smallest absolute Gasteiger partial charge is 0.377 e. The average molecular weight is 647 g/mol. The molecule has 1 amide bonds. The van der Waals surface area contributed by atoms with E-state index in [9.17, 15) is 26.4 Å². The van der Waals surface area contributed by atoms with Crippen molar-refractivity contribution in [1.29, 1.82) is 0 Å². The van der Waals surface area contributed by atoms with E-state index >= 15 is 0 Å². The number of benzene rings is 2. The molecule has 242 valence electrons. The van der Waals surface area contributed by atoms with Crippen LogP contribution in [0, 0.1) is 13.8 Å². The summed E-state index contributed by atoms with van der Waals surface area (Å²) in [5.74, 6) is 0.829. The predicted octanol–water partition coefficient (Wildman–Crippen LogP) is 7.08. The number of sulfonamides is 1. The van der Waals surface area contributed by atoms with Crippen molar-refractivity contribution in [2.24, 2.45) is 4.99 Å². The fourth-order valence-corrected chi connectivity index (χ4v) is 7.23. The fourth-order valence-electron chi connectivity index (χ4n) is 5.95. The second-order valence-corrected chi connectivity index (χ2v) is 13.2. The number of carbonyl (C=O) groups is 1. The van der Waals surface area contributed by atoms with Gasteiger partial charge in [-0.1, -0.05) is 54.4 Å². The SMILES string of the molecule is CCOCc1cc(CN2C(=O)C3(CCCC3)N=C2CCCC(F)(F)F)ccc1-c1ccccc1S(=O)(=O)Nc1noc(C)c1C. The highest BCUT2D eigenvalue weighted by Gasteiger charge is 2.49. The van der Waals surface area contributed by atoms with Gasteiger partial charge >= 0.3 is 6.18 Å². The molecule has 1 aliphatic carbocycles. The summed E-state index contributed by atoms with van der Waals surface area (Å²) in [6.07, 6.45) is -2.45. The zero-order valence-corrected chi connectivity index (χ0v) is 26.4. The molecule has 9 nitrogen and oxygen atoms in total. The van der Waals surface area contributed by atoms with Crippen molar-refractivity contribution in [2.75, 3.05) is 11.3 Å². The lowest BCUT2D eigenvalue weighted by atomic mass is 9.96. The zero-order valence-electron chi connectivity index (χ0n) is 25.5. The molecule has 2 aromatic carbocycles. The molecule has 5 rings (SSSR count). The number of aromatic nitrogens is 1. The summed E-state index contributed by atoms with van der Waals surface area (Å²) in [5, 5.41) is 3.83. The van der Waals surface area contributed by atoms with Crippen LogP contribution in [0.5, 0.6) is 0 Å². The molecule has 1 saturated carbocycles. The van der Waals surface area contributed by atoms with Crippen molar-refractivity contribution in [1.82, 2.24) is 10.1 Å². The second-order valence-electron chi connectivity index (χ2n) is 11.6. The van der Waals surface area contributed by atoms with E-state index in [0.29, 0.717) is 53.3 Å². The van der Waals surface area contributed by atoms with Crippen LogP contribution >= 0.6 is 0 Å². The van der Waals surface area contributed by atoms with E-state index in [2.05, 4.69) is 9.88 Å². The van der Waals surface area contributed by atoms with E-state index in [4.69, 9.17) is 14.3 Å². The average Bonchev–Trinajstić information content (AvgIpc) is 3.66. The molecule has 0 radical (unpaired) electrons. The van der Waals surface area contributed by atoms with Gasteiger partial charge in [-0.25, -0.2) is 8.42 Å². The van der Waals surface area contributed by atoms with E-state index in [-0.39, 0.29) is 42.6 Å². The Bertz CT molecular complexity index is 1690. The highest BCUT2D eigenvalue weighted by atomic mass is 32.2. The number of ether oxygens (including phenoxy) is 1. The second kappa shape index (κ2) is 13.0. The summed E-state index contributed by atoms with van der Waals surface area (Å²) in [6.45, 7) is 5.97. The summed E-state index contributed by atoms with van der Waals surface area (Å²) >= 11 is 0. The number of hydrogen-bond acceptors (Lipinski definition) is 7. The van der Waals surface area contributed by atoms with Gasteiger partial charge in [0.1, 0.15) is 17.1 Å². The Morgan fingerprint density at radius 1 is 1.09 bits per heavy atom. The number of amides is 1. The van der Waals surface area contributed by atoms with Crippen LogP contribution < -0.4 is 4.72 Å². The van der Waals surface area contributed by atoms with E-state index in [1.54, 1.807) is 44.2 Å². The van der Waals surface area contributed by atoms with Crippen molar-refractivity contribution in [3.63, 3.8) is 0 Å². The highest BCUT2D eigenvalue weighted by molar-refractivity contribution is 7.92. The molecule has 2 aliphatic rings. The molecular formula is C32H37F3N4O5S. The number of amidine groups is 1. The number of aryl methyl sites for hydroxylation is 1. The molecule has 13 heteroatoms. The third kappa shape index (κ3) is 7.09. The molecule has 45 heavy (non-hydrogen) atoms. The Kier molecular flexibility index (Phi) is 9.41. The maximum Gasteiger partial charge on any atom is 0.389 e. The Morgan fingerprint density at radius 2 is 1.82 bits per heavy atom. The quantitative estimate of drug-likeness (QED) is 0.225. The third-order valence-electron chi connectivity index (χ3n) is 8.42. The minimum atomic E-state index is -4.28. The van der Waals surface area contributed by atoms with Gasteiger partial charge in [0, 0.05) is 30.6 Å². The largest absolute Gasteiger partial charge is 0.389 e. The Balaban J connectivity index is 1.46. The number of halogens is 3. The van der Waals surface area contributed by atoms with E-state index < -0.39 is 28.2 Å². The van der Waals surface area contributed by atoms with Crippen LogP contribution in [0.4, 0.5) is 19.0 Å². The van der Waals surface area contributed by atoms with Gasteiger partial charge in [0.25, 0.3) is 15.9 Å². The minimum Gasteiger partial charge on any atom is -0.377 e. The van der Waals surface area contributed by atoms with Crippen molar-refractivity contribution in [3.8, 4) is 11.1 Å². The molecule has 1 fully saturated rings. The summed E-state index contributed by atoms with van der Waals surface area (Å²) in [6, 6.07) is 12.0. The van der Waals surface area contributed by atoms with E-state index in [1.165, 1.54) is 11.0 Å². The lowest BCUT2D eigenvalue weighted by molar-refractivity contribution is -0.135. The van der Waals surface area contributed by atoms with Crippen molar-refractivity contribution in [2.45, 2.75) is 95.5 Å². The standard InChI is InChI=1S/C32H37F3N4O5S/c1-4-43-20-24-18-23(19-39-28(12-9-17-32(33,34)35)36-31(30(39)40)15-7-8-16-31)13-14-25(24)26-10-5-6-11-27(26)45(41,42)38-29-21(2)22(3)44-37-29/h5-6,10-11,13-14,18H,4,7-9,12,15-17,19-20H2,1-3H3,(H,37,38). The normalized spacial score (nSPS) is 16.5. The molecule has 0 saturated heterocycles. The Morgan fingerprint density at radius 3 is 2.49 bits per heavy atom. The first-order valence-electron chi connectivity index (χ1n) is 15.1. The maximum atomic E-state index is 13.7. The first-order valence-corrected chi connectivity index (χ1v) is 16.5. The number of rotatable bonds is 12. The van der Waals surface area contributed by atoms with Crippen molar-refractivity contribution in [3.05, 3.63) is 64.9 Å². The van der Waals surface area contributed by atoms with Gasteiger partial charge in [-0.3, -0.25) is 19.4 Å². The van der Waals surface area contributed by atoms with Gasteiger partial charge in [0.2, 0.25) is 0 Å². The Labute approximate surface area is 260 Å². The van der Waals surface area contributed by atoms with Crippen molar-refractivity contribution < 1.29 is 35.6 Å². The van der Waals surface area contributed by atoms with Crippen LogP contribution in [0.25, 0.3) is 11.1 Å². The number of carbonyl (C=O) groups excluding carboxylic acids is 1. The van der Waals surface area contributed by atoms with Gasteiger partial charge in [-0.05, 0) is 62.8 Å². The molecule has 1 N–H and O–H groups in total. The van der Waals surface area contributed by atoms with Crippen LogP contribution in [0.1, 0.15) is 74.3 Å². The van der Waals surface area contributed by atoms with Crippen LogP contribution in [0.2, 0.25) is 0 Å². The number of alkyl halides is 3. The number of hydrogen-bond donors (Lipinski definition) is 1. The molecule has 3 aromatic rings. The molecule has 0 atom stereocenters. The van der Waals surface area contributed by atoms with Gasteiger partial charge < -0.3 is 9.26 Å². The number of nitrogens with one attached hydrogen (secondary N) is 1. The third-order valence-corrected chi connectivity index (χ3v) is 9.81. The summed E-state index contributed by atoms with van der Waals surface area (Å²) in [4.78, 5) is 20.0. The van der Waals surface area contributed by atoms with Crippen LogP contribution in [-0.4, -0.2) is 48.5 Å². The molecule has 0 bridgehead atoms. The molecular weight excluding hydrogens is 609 g/mol. The van der Waals surface area contributed by atoms with Crippen LogP contribution in [0.3, 0.4) is 0 Å². The van der Waals surface area contributed by atoms with Crippen LogP contribution in [0.15, 0.2) is 56.9 Å². The topological polar surface area (TPSA) is 114 Å². The number of nitrogens with zero attached hydrogens (tertiary/aromatic N) is 3. The molecule has 1 spiro atoms. The van der Waals surface area contributed by atoms with Gasteiger partial charge in [0.05, 0.1) is 18.0 Å². The minimum absolute atomic E-state index is 0.0348. The monoisotopic (exact) mass is 646 g/mol. The summed E-state index contributed by atoms with van der Waals surface area (Å²) in [5.41, 5.74) is 2.19. The summed E-state index contributed by atoms with van der Waals surface area (Å²) in [7, 11) is -4.08. The molecule has 0 unspecified atom stereocenters. The number of anilines is 1. The highest BCUT2D eigenvalue weighted by Crippen LogP contribution is 2.41. The lowest BCUT2D eigenvalue weighted by Gasteiger charge is -2.23. The maximum absolute atomic E-state index is 13.7. The lowest BCUT2D eigenvalue weighted by Crippen LogP contribution is -2.40. The predicted molar refractivity (Wildman–Crippen MR) is 163 cm³/mol. The van der Waals surface area contributed by atoms with Crippen molar-refractivity contribution >= 4 is 27.6 Å². The first kappa shape index (κ1) is 32.7. The first-order chi connectivity index (χ1) is 21.3. The molecule has 1 aliphatic heterocycles. The van der Waals surface area contributed by atoms with Gasteiger partial charge in [-0.2, -0.15) is 13.2 Å². The van der Waals surface area contributed by atoms with E-state index in [0.717, 1.165) is 18.4 Å². The van der Waals surface area contributed by atoms with Gasteiger partial charge in [0.15, 0.2) is 5.82 Å². The summed E-state index contributed by atoms with van der Waals surface area (Å²) < 4.78 is 79.3. The van der Waals surface area contributed by atoms with E-state index in [1.807, 2.05) is 13.0 Å². The fraction of sp³-hybridized carbons (Fsp3) is 0.469. The van der Waals surface area contributed by atoms with Crippen LogP contribution in [-0.2, 0) is 32.7 Å². The number of aliphatic imine (C=N–C) groups is 1. The van der Waals surface area contributed by atoms with Gasteiger partial charge in [-0.15, -0.1) is 0 Å².